The first-order valence-electron chi connectivity index (χ1n) is 6.56. The zero-order valence-corrected chi connectivity index (χ0v) is 13.6. The van der Waals surface area contributed by atoms with Crippen molar-refractivity contribution in [3.63, 3.8) is 0 Å². The lowest BCUT2D eigenvalue weighted by atomic mass is 10.1. The van der Waals surface area contributed by atoms with E-state index in [1.165, 1.54) is 27.4 Å². The number of carbonyl (C=O) groups excluding carboxylic acids is 1. The predicted octanol–water partition coefficient (Wildman–Crippen LogP) is 1.50. The molecule has 0 aliphatic carbocycles. The number of sulfonamides is 1. The van der Waals surface area contributed by atoms with Crippen LogP contribution in [0.1, 0.15) is 22.8 Å². The minimum atomic E-state index is -3.32. The standard InChI is InChI=1S/C13H14N4O3S2/c1-8-5-10-6-9(12(18)15-13-16-14-7-21-13)3-4-11(10)17(8)22(2,19)20/h3-4,6-8H,5H2,1-2H3,(H,15,16,18). The Kier molecular flexibility index (Phi) is 3.61. The van der Waals surface area contributed by atoms with Gasteiger partial charge in [-0.3, -0.25) is 14.4 Å². The number of hydrogen-bond acceptors (Lipinski definition) is 6. The number of hydrogen-bond donors (Lipinski definition) is 1. The number of fused-ring (bicyclic) bond motifs is 1. The largest absolute Gasteiger partial charge is 0.296 e. The van der Waals surface area contributed by atoms with E-state index in [-0.39, 0.29) is 11.9 Å². The third kappa shape index (κ3) is 2.69. The van der Waals surface area contributed by atoms with Gasteiger partial charge < -0.3 is 0 Å². The van der Waals surface area contributed by atoms with E-state index in [1.54, 1.807) is 18.2 Å². The lowest BCUT2D eigenvalue weighted by molar-refractivity contribution is 0.102. The summed E-state index contributed by atoms with van der Waals surface area (Å²) in [6, 6.07) is 4.87. The van der Waals surface area contributed by atoms with Crippen LogP contribution in [-0.2, 0) is 16.4 Å². The van der Waals surface area contributed by atoms with Crippen LogP contribution in [0, 0.1) is 0 Å². The molecule has 1 N–H and O–H groups in total. The summed E-state index contributed by atoms with van der Waals surface area (Å²) in [7, 11) is -3.32. The van der Waals surface area contributed by atoms with E-state index in [4.69, 9.17) is 0 Å². The number of amides is 1. The second kappa shape index (κ2) is 5.33. The molecule has 0 saturated heterocycles. The first-order valence-corrected chi connectivity index (χ1v) is 9.29. The van der Waals surface area contributed by atoms with E-state index in [2.05, 4.69) is 15.5 Å². The number of anilines is 2. The van der Waals surface area contributed by atoms with Gasteiger partial charge in [-0.15, -0.1) is 10.2 Å². The van der Waals surface area contributed by atoms with Crippen LogP contribution in [0.5, 0.6) is 0 Å². The van der Waals surface area contributed by atoms with Gasteiger partial charge in [0.05, 0.1) is 11.9 Å². The predicted molar refractivity (Wildman–Crippen MR) is 84.8 cm³/mol. The Labute approximate surface area is 132 Å². The van der Waals surface area contributed by atoms with Gasteiger partial charge in [-0.25, -0.2) is 8.42 Å². The lowest BCUT2D eigenvalue weighted by Crippen LogP contribution is -2.34. The van der Waals surface area contributed by atoms with Crippen LogP contribution in [0.4, 0.5) is 10.8 Å². The van der Waals surface area contributed by atoms with Gasteiger partial charge in [0.25, 0.3) is 5.91 Å². The molecule has 0 bridgehead atoms. The van der Waals surface area contributed by atoms with Gasteiger partial charge in [0.15, 0.2) is 0 Å². The first-order chi connectivity index (χ1) is 10.4. The number of aromatic nitrogens is 2. The van der Waals surface area contributed by atoms with E-state index in [0.717, 1.165) is 5.56 Å². The molecule has 9 heteroatoms. The van der Waals surface area contributed by atoms with Crippen molar-refractivity contribution < 1.29 is 13.2 Å². The van der Waals surface area contributed by atoms with Crippen molar-refractivity contribution in [3.05, 3.63) is 34.8 Å². The van der Waals surface area contributed by atoms with E-state index >= 15 is 0 Å². The van der Waals surface area contributed by atoms with Crippen LogP contribution in [0.2, 0.25) is 0 Å². The molecule has 1 aromatic heterocycles. The van der Waals surface area contributed by atoms with Gasteiger partial charge in [0, 0.05) is 11.6 Å². The Morgan fingerprint density at radius 3 is 2.86 bits per heavy atom. The number of nitrogens with one attached hydrogen (secondary N) is 1. The van der Waals surface area contributed by atoms with Gasteiger partial charge in [-0.05, 0) is 37.1 Å². The highest BCUT2D eigenvalue weighted by Crippen LogP contribution is 2.34. The molecule has 1 unspecified atom stereocenters. The lowest BCUT2D eigenvalue weighted by Gasteiger charge is -2.21. The van der Waals surface area contributed by atoms with Crippen molar-refractivity contribution in [1.82, 2.24) is 10.2 Å². The summed E-state index contributed by atoms with van der Waals surface area (Å²) in [5.41, 5.74) is 3.49. The fourth-order valence-corrected chi connectivity index (χ4v) is 4.35. The van der Waals surface area contributed by atoms with Gasteiger partial charge in [-0.1, -0.05) is 11.3 Å². The molecule has 0 spiro atoms. The summed E-state index contributed by atoms with van der Waals surface area (Å²) in [6.07, 6.45) is 1.77. The van der Waals surface area contributed by atoms with E-state index in [1.807, 2.05) is 6.92 Å². The van der Waals surface area contributed by atoms with Crippen LogP contribution < -0.4 is 9.62 Å². The minimum absolute atomic E-state index is 0.147. The normalized spacial score (nSPS) is 17.4. The maximum Gasteiger partial charge on any atom is 0.257 e. The van der Waals surface area contributed by atoms with Crippen molar-refractivity contribution in [1.29, 1.82) is 0 Å². The highest BCUT2D eigenvalue weighted by Gasteiger charge is 2.32. The summed E-state index contributed by atoms with van der Waals surface area (Å²) < 4.78 is 25.1. The zero-order chi connectivity index (χ0) is 15.9. The third-order valence-electron chi connectivity index (χ3n) is 3.43. The van der Waals surface area contributed by atoms with Crippen molar-refractivity contribution in [3.8, 4) is 0 Å². The molecular weight excluding hydrogens is 324 g/mol. The maximum absolute atomic E-state index is 12.2. The van der Waals surface area contributed by atoms with E-state index < -0.39 is 10.0 Å². The summed E-state index contributed by atoms with van der Waals surface area (Å²) in [5.74, 6) is -0.287. The van der Waals surface area contributed by atoms with Crippen molar-refractivity contribution in [2.45, 2.75) is 19.4 Å². The minimum Gasteiger partial charge on any atom is -0.296 e. The fraction of sp³-hybridized carbons (Fsp3) is 0.308. The first kappa shape index (κ1) is 14.9. The van der Waals surface area contributed by atoms with Crippen LogP contribution >= 0.6 is 11.3 Å². The molecule has 2 aromatic rings. The number of carbonyl (C=O) groups is 1. The highest BCUT2D eigenvalue weighted by molar-refractivity contribution is 7.92. The Morgan fingerprint density at radius 2 is 2.23 bits per heavy atom. The summed E-state index contributed by atoms with van der Waals surface area (Å²) >= 11 is 1.23. The van der Waals surface area contributed by atoms with Gasteiger partial charge in [0.2, 0.25) is 15.2 Å². The molecule has 1 aliphatic rings. The zero-order valence-electron chi connectivity index (χ0n) is 12.0. The molecule has 0 fully saturated rings. The Hall–Kier alpha value is -2.00. The van der Waals surface area contributed by atoms with Crippen LogP contribution in [0.15, 0.2) is 23.7 Å². The molecule has 1 atom stereocenters. The van der Waals surface area contributed by atoms with Gasteiger partial charge in [0.1, 0.15) is 5.51 Å². The maximum atomic E-state index is 12.2. The Morgan fingerprint density at radius 1 is 1.45 bits per heavy atom. The molecule has 22 heavy (non-hydrogen) atoms. The van der Waals surface area contributed by atoms with Gasteiger partial charge >= 0.3 is 0 Å². The average molecular weight is 338 g/mol. The number of benzene rings is 1. The monoisotopic (exact) mass is 338 g/mol. The Balaban J connectivity index is 1.90. The van der Waals surface area contributed by atoms with Crippen LogP contribution in [-0.4, -0.2) is 36.8 Å². The second-order valence-electron chi connectivity index (χ2n) is 5.15. The van der Waals surface area contributed by atoms with Crippen molar-refractivity contribution >= 4 is 38.1 Å². The highest BCUT2D eigenvalue weighted by atomic mass is 32.2. The third-order valence-corrected chi connectivity index (χ3v) is 5.31. The molecule has 2 heterocycles. The molecule has 7 nitrogen and oxygen atoms in total. The fourth-order valence-electron chi connectivity index (χ4n) is 2.65. The molecule has 1 amide bonds. The summed E-state index contributed by atoms with van der Waals surface area (Å²) in [6.45, 7) is 1.85. The average Bonchev–Trinajstić information content (AvgIpc) is 3.02. The quantitative estimate of drug-likeness (QED) is 0.915. The summed E-state index contributed by atoms with van der Waals surface area (Å²) in [4.78, 5) is 12.2. The van der Waals surface area contributed by atoms with E-state index in [0.29, 0.717) is 22.8 Å². The molecule has 3 rings (SSSR count). The smallest absolute Gasteiger partial charge is 0.257 e. The molecule has 1 aromatic carbocycles. The molecule has 0 saturated carbocycles. The van der Waals surface area contributed by atoms with E-state index in [9.17, 15) is 13.2 Å². The number of nitrogens with zero attached hydrogens (tertiary/aromatic N) is 3. The van der Waals surface area contributed by atoms with Crippen LogP contribution in [0.3, 0.4) is 0 Å². The molecule has 116 valence electrons. The Bertz CT molecular complexity index is 818. The second-order valence-corrected chi connectivity index (χ2v) is 7.85. The topological polar surface area (TPSA) is 92.3 Å². The SMILES string of the molecule is CC1Cc2cc(C(=O)Nc3nncs3)ccc2N1S(C)(=O)=O. The van der Waals surface area contributed by atoms with Crippen LogP contribution in [0.25, 0.3) is 0 Å². The molecule has 1 aliphatic heterocycles. The molecule has 0 radical (unpaired) electrons. The molecular formula is C13H14N4O3S2. The number of rotatable bonds is 3. The van der Waals surface area contributed by atoms with Crippen molar-refractivity contribution in [2.24, 2.45) is 0 Å². The van der Waals surface area contributed by atoms with Crippen molar-refractivity contribution in [2.75, 3.05) is 15.9 Å². The van der Waals surface area contributed by atoms with Gasteiger partial charge in [-0.2, -0.15) is 0 Å². The summed E-state index contributed by atoms with van der Waals surface area (Å²) in [5, 5.41) is 10.5.